The molecule has 2 unspecified atom stereocenters. The molecule has 0 spiro atoms. The Morgan fingerprint density at radius 2 is 1.83 bits per heavy atom. The van der Waals surface area contributed by atoms with E-state index < -0.39 is 0 Å². The summed E-state index contributed by atoms with van der Waals surface area (Å²) in [6.07, 6.45) is -0.0483. The van der Waals surface area contributed by atoms with E-state index in [4.69, 9.17) is 16.3 Å². The maximum absolute atomic E-state index is 13.1. The van der Waals surface area contributed by atoms with Crippen LogP contribution in [0.25, 0.3) is 5.69 Å². The van der Waals surface area contributed by atoms with Gasteiger partial charge in [0.15, 0.2) is 0 Å². The van der Waals surface area contributed by atoms with Gasteiger partial charge in [-0.05, 0) is 45.0 Å². The number of nitrogens with zero attached hydrogens (tertiary/aromatic N) is 3. The quantitative estimate of drug-likeness (QED) is 0.834. The highest BCUT2D eigenvalue weighted by atomic mass is 35.5. The van der Waals surface area contributed by atoms with Crippen LogP contribution in [-0.2, 0) is 4.74 Å². The van der Waals surface area contributed by atoms with Crippen LogP contribution in [0, 0.1) is 12.7 Å². The number of hydrogen-bond acceptors (Lipinski definition) is 3. The van der Waals surface area contributed by atoms with Crippen molar-refractivity contribution in [3.8, 4) is 5.69 Å². The summed E-state index contributed by atoms with van der Waals surface area (Å²) in [6.45, 7) is 6.65. The normalized spacial score (nSPS) is 21.1. The van der Waals surface area contributed by atoms with E-state index >= 15 is 0 Å². The maximum atomic E-state index is 13.1. The average Bonchev–Trinajstić information content (AvgIpc) is 2.81. The van der Waals surface area contributed by atoms with Gasteiger partial charge in [-0.15, -0.1) is 0 Å². The lowest BCUT2D eigenvalue weighted by Gasteiger charge is -2.35. The highest BCUT2D eigenvalue weighted by molar-refractivity contribution is 6.33. The number of rotatable bonds is 2. The summed E-state index contributed by atoms with van der Waals surface area (Å²) in [6, 6.07) is 5.80. The van der Waals surface area contributed by atoms with Gasteiger partial charge in [-0.25, -0.2) is 9.07 Å². The van der Waals surface area contributed by atoms with Crippen molar-refractivity contribution < 1.29 is 13.9 Å². The molecule has 2 heterocycles. The molecule has 1 amide bonds. The van der Waals surface area contributed by atoms with Crippen molar-refractivity contribution in [3.05, 3.63) is 46.5 Å². The van der Waals surface area contributed by atoms with Gasteiger partial charge < -0.3 is 9.64 Å². The first kappa shape index (κ1) is 16.9. The predicted molar refractivity (Wildman–Crippen MR) is 89.2 cm³/mol. The number of amides is 1. The SMILES string of the molecule is Cc1nn(-c2ccc(F)cc2)c(Cl)c1C(=O)N1CC(C)OC(C)C1. The van der Waals surface area contributed by atoms with Crippen LogP contribution in [-0.4, -0.2) is 45.9 Å². The lowest BCUT2D eigenvalue weighted by atomic mass is 10.1. The van der Waals surface area contributed by atoms with Crippen LogP contribution in [0.15, 0.2) is 24.3 Å². The molecule has 1 aliphatic heterocycles. The topological polar surface area (TPSA) is 47.4 Å². The minimum Gasteiger partial charge on any atom is -0.372 e. The second-order valence-electron chi connectivity index (χ2n) is 6.11. The van der Waals surface area contributed by atoms with Crippen LogP contribution in [0.5, 0.6) is 0 Å². The van der Waals surface area contributed by atoms with Crippen molar-refractivity contribution in [2.75, 3.05) is 13.1 Å². The van der Waals surface area contributed by atoms with Crippen molar-refractivity contribution >= 4 is 17.5 Å². The van der Waals surface area contributed by atoms with Gasteiger partial charge in [-0.2, -0.15) is 5.10 Å². The van der Waals surface area contributed by atoms with Gasteiger partial charge in [-0.1, -0.05) is 11.6 Å². The number of morpholine rings is 1. The molecule has 1 aliphatic rings. The van der Waals surface area contributed by atoms with E-state index in [1.807, 2.05) is 13.8 Å². The Morgan fingerprint density at radius 1 is 1.25 bits per heavy atom. The van der Waals surface area contributed by atoms with Gasteiger partial charge in [0, 0.05) is 13.1 Å². The van der Waals surface area contributed by atoms with Crippen molar-refractivity contribution in [2.45, 2.75) is 33.0 Å². The average molecular weight is 352 g/mol. The molecule has 1 saturated heterocycles. The zero-order valence-electron chi connectivity index (χ0n) is 13.8. The predicted octanol–water partition coefficient (Wildman–Crippen LogP) is 3.22. The zero-order valence-corrected chi connectivity index (χ0v) is 14.5. The van der Waals surface area contributed by atoms with E-state index in [-0.39, 0.29) is 29.1 Å². The number of halogens is 2. The Labute approximate surface area is 145 Å². The number of carbonyl (C=O) groups excluding carboxylic acids is 1. The largest absolute Gasteiger partial charge is 0.372 e. The van der Waals surface area contributed by atoms with Crippen molar-refractivity contribution in [1.29, 1.82) is 0 Å². The molecular weight excluding hydrogens is 333 g/mol. The number of carbonyl (C=O) groups is 1. The fourth-order valence-corrected chi connectivity index (χ4v) is 3.35. The summed E-state index contributed by atoms with van der Waals surface area (Å²) in [7, 11) is 0. The molecule has 1 aromatic carbocycles. The standard InChI is InChI=1S/C17H19ClFN3O2/c1-10-8-21(9-11(2)24-10)17(23)15-12(3)20-22(16(15)18)14-6-4-13(19)5-7-14/h4-7,10-11H,8-9H2,1-3H3. The molecule has 5 nitrogen and oxygen atoms in total. The van der Waals surface area contributed by atoms with Crippen LogP contribution in [0.3, 0.4) is 0 Å². The third-order valence-electron chi connectivity index (χ3n) is 4.00. The Balaban J connectivity index is 1.94. The summed E-state index contributed by atoms with van der Waals surface area (Å²) < 4.78 is 20.2. The second kappa shape index (κ2) is 6.53. The van der Waals surface area contributed by atoms with E-state index in [2.05, 4.69) is 5.10 Å². The monoisotopic (exact) mass is 351 g/mol. The molecule has 0 aliphatic carbocycles. The Hall–Kier alpha value is -1.92. The highest BCUT2D eigenvalue weighted by Crippen LogP contribution is 2.26. The van der Waals surface area contributed by atoms with Gasteiger partial charge in [0.25, 0.3) is 5.91 Å². The number of benzene rings is 1. The number of hydrogen-bond donors (Lipinski definition) is 0. The lowest BCUT2D eigenvalue weighted by molar-refractivity contribution is -0.0586. The number of aryl methyl sites for hydroxylation is 1. The molecule has 2 aromatic rings. The minimum absolute atomic E-state index is 0.0241. The van der Waals surface area contributed by atoms with E-state index in [0.717, 1.165) is 0 Å². The smallest absolute Gasteiger partial charge is 0.259 e. The molecule has 7 heteroatoms. The summed E-state index contributed by atoms with van der Waals surface area (Å²) in [5, 5.41) is 4.58. The number of ether oxygens (including phenoxy) is 1. The molecule has 0 radical (unpaired) electrons. The lowest BCUT2D eigenvalue weighted by Crippen LogP contribution is -2.48. The van der Waals surface area contributed by atoms with Crippen LogP contribution < -0.4 is 0 Å². The summed E-state index contributed by atoms with van der Waals surface area (Å²) in [5.41, 5.74) is 1.52. The van der Waals surface area contributed by atoms with Gasteiger partial charge in [0.2, 0.25) is 0 Å². The molecule has 0 bridgehead atoms. The molecule has 1 fully saturated rings. The van der Waals surface area contributed by atoms with Crippen LogP contribution in [0.4, 0.5) is 4.39 Å². The maximum Gasteiger partial charge on any atom is 0.259 e. The highest BCUT2D eigenvalue weighted by Gasteiger charge is 2.30. The second-order valence-corrected chi connectivity index (χ2v) is 6.46. The van der Waals surface area contributed by atoms with E-state index in [0.29, 0.717) is 30.0 Å². The molecule has 3 rings (SSSR count). The van der Waals surface area contributed by atoms with Crippen molar-refractivity contribution in [2.24, 2.45) is 0 Å². The Kier molecular flexibility index (Phi) is 4.60. The van der Waals surface area contributed by atoms with Crippen LogP contribution >= 0.6 is 11.6 Å². The van der Waals surface area contributed by atoms with E-state index in [1.54, 1.807) is 24.0 Å². The molecular formula is C17H19ClFN3O2. The third-order valence-corrected chi connectivity index (χ3v) is 4.35. The first-order valence-corrected chi connectivity index (χ1v) is 8.20. The van der Waals surface area contributed by atoms with Gasteiger partial charge in [0.1, 0.15) is 11.0 Å². The van der Waals surface area contributed by atoms with Crippen LogP contribution in [0.1, 0.15) is 29.9 Å². The molecule has 0 saturated carbocycles. The Morgan fingerprint density at radius 3 is 2.42 bits per heavy atom. The summed E-state index contributed by atoms with van der Waals surface area (Å²) >= 11 is 6.42. The van der Waals surface area contributed by atoms with Gasteiger partial charge in [0.05, 0.1) is 29.2 Å². The molecule has 2 atom stereocenters. The zero-order chi connectivity index (χ0) is 17.4. The fourth-order valence-electron chi connectivity index (χ4n) is 3.00. The third kappa shape index (κ3) is 3.16. The first-order valence-electron chi connectivity index (χ1n) is 7.82. The van der Waals surface area contributed by atoms with E-state index in [9.17, 15) is 9.18 Å². The molecule has 0 N–H and O–H groups in total. The van der Waals surface area contributed by atoms with Crippen LogP contribution in [0.2, 0.25) is 5.15 Å². The molecule has 128 valence electrons. The molecule has 1 aromatic heterocycles. The van der Waals surface area contributed by atoms with Gasteiger partial charge in [-0.3, -0.25) is 4.79 Å². The fraction of sp³-hybridized carbons (Fsp3) is 0.412. The van der Waals surface area contributed by atoms with Crippen molar-refractivity contribution in [3.63, 3.8) is 0 Å². The number of aromatic nitrogens is 2. The Bertz CT molecular complexity index is 750. The summed E-state index contributed by atoms with van der Waals surface area (Å²) in [4.78, 5) is 14.6. The first-order chi connectivity index (χ1) is 11.4. The van der Waals surface area contributed by atoms with Gasteiger partial charge >= 0.3 is 0 Å². The molecule has 24 heavy (non-hydrogen) atoms. The van der Waals surface area contributed by atoms with E-state index in [1.165, 1.54) is 16.8 Å². The summed E-state index contributed by atoms with van der Waals surface area (Å²) in [5.74, 6) is -0.501. The van der Waals surface area contributed by atoms with Crippen molar-refractivity contribution in [1.82, 2.24) is 14.7 Å². The minimum atomic E-state index is -0.341.